The van der Waals surface area contributed by atoms with Crippen molar-refractivity contribution < 1.29 is 9.53 Å². The van der Waals surface area contributed by atoms with E-state index >= 15 is 0 Å². The monoisotopic (exact) mass is 376 g/mol. The largest absolute Gasteiger partial charge is 0.444 e. The molecule has 0 saturated carbocycles. The topological polar surface area (TPSA) is 60.3 Å². The first-order valence-corrected chi connectivity index (χ1v) is 9.28. The van der Waals surface area contributed by atoms with Crippen LogP contribution in [0.5, 0.6) is 0 Å². The third-order valence-electron chi connectivity index (χ3n) is 4.45. The molecule has 1 fully saturated rings. The number of likely N-dealkylation sites (tertiary alicyclic amines) is 1. The van der Waals surface area contributed by atoms with Crippen LogP contribution >= 0.6 is 11.6 Å². The molecule has 0 spiro atoms. The van der Waals surface area contributed by atoms with Gasteiger partial charge in [0.05, 0.1) is 0 Å². The maximum atomic E-state index is 12.2. The Bertz CT molecular complexity index is 772. The molecule has 140 valence electrons. The van der Waals surface area contributed by atoms with Crippen molar-refractivity contribution in [3.63, 3.8) is 0 Å². The van der Waals surface area contributed by atoms with Crippen LogP contribution in [0.1, 0.15) is 51.2 Å². The van der Waals surface area contributed by atoms with Crippen LogP contribution in [-0.2, 0) is 4.74 Å². The summed E-state index contributed by atoms with van der Waals surface area (Å²) in [6, 6.07) is 7.67. The molecule has 2 aromatic rings. The normalized spacial score (nSPS) is 16.0. The van der Waals surface area contributed by atoms with Crippen LogP contribution in [0.4, 0.5) is 4.79 Å². The molecule has 0 aliphatic carbocycles. The number of hydrogen-bond donors (Lipinski definition) is 0. The highest BCUT2D eigenvalue weighted by Crippen LogP contribution is 2.30. The third-order valence-corrected chi connectivity index (χ3v) is 4.70. The number of amides is 1. The maximum absolute atomic E-state index is 12.2. The Kier molecular flexibility index (Phi) is 5.23. The molecule has 0 radical (unpaired) electrons. The molecule has 1 aliphatic heterocycles. The van der Waals surface area contributed by atoms with Crippen molar-refractivity contribution in [3.8, 4) is 5.69 Å². The van der Waals surface area contributed by atoms with Crippen LogP contribution in [0.25, 0.3) is 5.69 Å². The molecule has 7 heteroatoms. The van der Waals surface area contributed by atoms with Gasteiger partial charge in [0.1, 0.15) is 17.2 Å². The second-order valence-electron chi connectivity index (χ2n) is 7.66. The number of aromatic nitrogens is 3. The highest BCUT2D eigenvalue weighted by atomic mass is 35.5. The van der Waals surface area contributed by atoms with Crippen LogP contribution in [0.15, 0.2) is 24.3 Å². The Balaban J connectivity index is 1.73. The maximum Gasteiger partial charge on any atom is 0.410 e. The van der Waals surface area contributed by atoms with Crippen molar-refractivity contribution in [3.05, 3.63) is 40.9 Å². The van der Waals surface area contributed by atoms with E-state index < -0.39 is 5.60 Å². The summed E-state index contributed by atoms with van der Waals surface area (Å²) in [5, 5.41) is 9.38. The predicted molar refractivity (Wildman–Crippen MR) is 101 cm³/mol. The zero-order valence-corrected chi connectivity index (χ0v) is 16.5. The second-order valence-corrected chi connectivity index (χ2v) is 8.10. The van der Waals surface area contributed by atoms with Crippen LogP contribution in [0.2, 0.25) is 5.02 Å². The van der Waals surface area contributed by atoms with Crippen LogP contribution in [0.3, 0.4) is 0 Å². The van der Waals surface area contributed by atoms with Gasteiger partial charge in [-0.3, -0.25) is 4.57 Å². The van der Waals surface area contributed by atoms with Gasteiger partial charge < -0.3 is 9.64 Å². The SMILES string of the molecule is Cc1nnc(C2CCN(C(=O)OC(C)(C)C)CC2)n1-c1ccc(Cl)cc1. The molecule has 2 heterocycles. The summed E-state index contributed by atoms with van der Waals surface area (Å²) in [5.41, 5.74) is 0.529. The first kappa shape index (κ1) is 18.7. The van der Waals surface area contributed by atoms with E-state index in [0.29, 0.717) is 18.1 Å². The summed E-state index contributed by atoms with van der Waals surface area (Å²) in [4.78, 5) is 14.0. The fourth-order valence-corrected chi connectivity index (χ4v) is 3.33. The Morgan fingerprint density at radius 2 is 1.77 bits per heavy atom. The number of piperidine rings is 1. The van der Waals surface area contributed by atoms with Crippen molar-refractivity contribution >= 4 is 17.7 Å². The van der Waals surface area contributed by atoms with Crippen LogP contribution < -0.4 is 0 Å². The molecule has 1 aliphatic rings. The van der Waals surface area contributed by atoms with Crippen LogP contribution in [0, 0.1) is 6.92 Å². The van der Waals surface area contributed by atoms with Gasteiger partial charge in [0.25, 0.3) is 0 Å². The number of halogens is 1. The summed E-state index contributed by atoms with van der Waals surface area (Å²) >= 11 is 6.00. The Morgan fingerprint density at radius 3 is 2.35 bits per heavy atom. The predicted octanol–water partition coefficient (Wildman–Crippen LogP) is 4.34. The number of ether oxygens (including phenoxy) is 1. The summed E-state index contributed by atoms with van der Waals surface area (Å²) < 4.78 is 7.54. The molecule has 6 nitrogen and oxygen atoms in total. The zero-order chi connectivity index (χ0) is 18.9. The number of rotatable bonds is 2. The van der Waals surface area contributed by atoms with Crippen molar-refractivity contribution in [2.24, 2.45) is 0 Å². The van der Waals surface area contributed by atoms with E-state index in [1.165, 1.54) is 0 Å². The van der Waals surface area contributed by atoms with Gasteiger partial charge in [-0.15, -0.1) is 10.2 Å². The summed E-state index contributed by atoms with van der Waals surface area (Å²) in [6.45, 7) is 8.91. The Morgan fingerprint density at radius 1 is 1.15 bits per heavy atom. The van der Waals surface area contributed by atoms with Crippen molar-refractivity contribution in [2.75, 3.05) is 13.1 Å². The summed E-state index contributed by atoms with van der Waals surface area (Å²) in [6.07, 6.45) is 1.43. The average Bonchev–Trinajstić information content (AvgIpc) is 2.96. The number of benzene rings is 1. The standard InChI is InChI=1S/C19H25ClN4O2/c1-13-21-22-17(24(13)16-7-5-15(20)6-8-16)14-9-11-23(12-10-14)18(25)26-19(2,3)4/h5-8,14H,9-12H2,1-4H3. The average molecular weight is 377 g/mol. The van der Waals surface area contributed by atoms with Crippen molar-refractivity contribution in [1.82, 2.24) is 19.7 Å². The van der Waals surface area contributed by atoms with E-state index in [9.17, 15) is 4.79 Å². The summed E-state index contributed by atoms with van der Waals surface area (Å²) in [5.74, 6) is 2.04. The molecule has 0 N–H and O–H groups in total. The molecule has 1 amide bonds. The van der Waals surface area contributed by atoms with Crippen LogP contribution in [-0.4, -0.2) is 44.4 Å². The number of nitrogens with zero attached hydrogens (tertiary/aromatic N) is 4. The molecule has 0 bridgehead atoms. The first-order chi connectivity index (χ1) is 12.2. The minimum absolute atomic E-state index is 0.244. The molecule has 1 aromatic carbocycles. The Hall–Kier alpha value is -2.08. The van der Waals surface area contributed by atoms with Crippen molar-refractivity contribution in [2.45, 2.75) is 52.1 Å². The van der Waals surface area contributed by atoms with Gasteiger partial charge in [-0.05, 0) is 64.8 Å². The minimum atomic E-state index is -0.472. The first-order valence-electron chi connectivity index (χ1n) is 8.90. The van der Waals surface area contributed by atoms with Crippen molar-refractivity contribution in [1.29, 1.82) is 0 Å². The fourth-order valence-electron chi connectivity index (χ4n) is 3.20. The van der Waals surface area contributed by atoms with E-state index in [1.807, 2.05) is 52.0 Å². The Labute approximate surface area is 159 Å². The lowest BCUT2D eigenvalue weighted by Crippen LogP contribution is -2.41. The smallest absolute Gasteiger partial charge is 0.410 e. The quantitative estimate of drug-likeness (QED) is 0.782. The van der Waals surface area contributed by atoms with Gasteiger partial charge in [0, 0.05) is 29.7 Å². The fraction of sp³-hybridized carbons (Fsp3) is 0.526. The molecule has 3 rings (SSSR count). The van der Waals surface area contributed by atoms with Gasteiger partial charge in [0.15, 0.2) is 0 Å². The van der Waals surface area contributed by atoms with E-state index in [-0.39, 0.29) is 12.0 Å². The van der Waals surface area contributed by atoms with E-state index in [0.717, 1.165) is 30.2 Å². The van der Waals surface area contributed by atoms with Gasteiger partial charge in [-0.2, -0.15) is 0 Å². The highest BCUT2D eigenvalue weighted by molar-refractivity contribution is 6.30. The number of aryl methyl sites for hydroxylation is 1. The lowest BCUT2D eigenvalue weighted by atomic mass is 9.96. The molecule has 1 aromatic heterocycles. The lowest BCUT2D eigenvalue weighted by molar-refractivity contribution is 0.0203. The van der Waals surface area contributed by atoms with Gasteiger partial charge >= 0.3 is 6.09 Å². The van der Waals surface area contributed by atoms with E-state index in [2.05, 4.69) is 14.8 Å². The minimum Gasteiger partial charge on any atom is -0.444 e. The molecular weight excluding hydrogens is 352 g/mol. The number of carbonyl (C=O) groups excluding carboxylic acids is 1. The number of carbonyl (C=O) groups is 1. The highest BCUT2D eigenvalue weighted by Gasteiger charge is 2.30. The lowest BCUT2D eigenvalue weighted by Gasteiger charge is -2.33. The van der Waals surface area contributed by atoms with Gasteiger partial charge in [-0.1, -0.05) is 11.6 Å². The zero-order valence-electron chi connectivity index (χ0n) is 15.7. The molecule has 26 heavy (non-hydrogen) atoms. The molecular formula is C19H25ClN4O2. The van der Waals surface area contributed by atoms with E-state index in [4.69, 9.17) is 16.3 Å². The van der Waals surface area contributed by atoms with Gasteiger partial charge in [0.2, 0.25) is 0 Å². The van der Waals surface area contributed by atoms with Gasteiger partial charge in [-0.25, -0.2) is 4.79 Å². The molecule has 0 unspecified atom stereocenters. The molecule has 0 atom stereocenters. The summed E-state index contributed by atoms with van der Waals surface area (Å²) in [7, 11) is 0. The number of hydrogen-bond acceptors (Lipinski definition) is 4. The second kappa shape index (κ2) is 7.27. The molecule has 1 saturated heterocycles. The third kappa shape index (κ3) is 4.18. The van der Waals surface area contributed by atoms with E-state index in [1.54, 1.807) is 4.90 Å².